The van der Waals surface area contributed by atoms with Crippen LogP contribution in [0.3, 0.4) is 0 Å². The van der Waals surface area contributed by atoms with Crippen LogP contribution < -0.4 is 5.32 Å². The second-order valence-corrected chi connectivity index (χ2v) is 7.79. The van der Waals surface area contributed by atoms with E-state index in [2.05, 4.69) is 22.4 Å². The Morgan fingerprint density at radius 3 is 2.76 bits per heavy atom. The number of rotatable bonds is 7. The van der Waals surface area contributed by atoms with Crippen molar-refractivity contribution in [1.29, 1.82) is 0 Å². The van der Waals surface area contributed by atoms with Gasteiger partial charge in [0.2, 0.25) is 0 Å². The predicted molar refractivity (Wildman–Crippen MR) is 88.9 cm³/mol. The van der Waals surface area contributed by atoms with Gasteiger partial charge in [0.25, 0.3) is 0 Å². The molecule has 7 heteroatoms. The maximum atomic E-state index is 14.2. The predicted octanol–water partition coefficient (Wildman–Crippen LogP) is 4.61. The van der Waals surface area contributed by atoms with Crippen molar-refractivity contribution in [2.75, 3.05) is 12.8 Å². The van der Waals surface area contributed by atoms with Crippen LogP contribution in [-0.2, 0) is 0 Å². The fraction of sp³-hybridized carbons (Fsp3) is 0.429. The third-order valence-corrected chi connectivity index (χ3v) is 5.93. The summed E-state index contributed by atoms with van der Waals surface area (Å²) >= 11 is 4.58. The molecular weight excluding hydrogens is 325 g/mol. The molecule has 0 bridgehead atoms. The van der Waals surface area contributed by atoms with Gasteiger partial charge < -0.3 is 5.32 Å². The molecule has 1 aromatic carbocycles. The second-order valence-electron chi connectivity index (χ2n) is 4.47. The highest BCUT2D eigenvalue weighted by molar-refractivity contribution is 8.03. The third-order valence-electron chi connectivity index (χ3n) is 2.91. The quantitative estimate of drug-likeness (QED) is 0.743. The summed E-state index contributed by atoms with van der Waals surface area (Å²) < 4.78 is 16.0. The first kappa shape index (κ1) is 16.7. The molecule has 0 spiro atoms. The fourth-order valence-electron chi connectivity index (χ4n) is 1.90. The number of thioether (sulfide) groups is 1. The minimum atomic E-state index is -0.175. The van der Waals surface area contributed by atoms with Gasteiger partial charge in [0.05, 0.1) is 0 Å². The molecule has 0 amide bonds. The van der Waals surface area contributed by atoms with Gasteiger partial charge in [-0.1, -0.05) is 47.9 Å². The summed E-state index contributed by atoms with van der Waals surface area (Å²) in [5, 5.41) is 11.6. The molecule has 0 saturated heterocycles. The van der Waals surface area contributed by atoms with Crippen LogP contribution in [0.5, 0.6) is 0 Å². The SMILES string of the molecule is CCCNC(C)c1c(F)cccc1Sc1nnc(SC)s1. The Morgan fingerprint density at radius 1 is 1.33 bits per heavy atom. The molecule has 0 radical (unpaired) electrons. The van der Waals surface area contributed by atoms with Gasteiger partial charge in [0, 0.05) is 16.5 Å². The van der Waals surface area contributed by atoms with E-state index >= 15 is 0 Å². The molecule has 0 aliphatic heterocycles. The summed E-state index contributed by atoms with van der Waals surface area (Å²) in [5.74, 6) is -0.175. The minimum Gasteiger partial charge on any atom is -0.310 e. The zero-order valence-corrected chi connectivity index (χ0v) is 14.7. The van der Waals surface area contributed by atoms with E-state index in [1.165, 1.54) is 29.2 Å². The lowest BCUT2D eigenvalue weighted by Crippen LogP contribution is -2.20. The average Bonchev–Trinajstić information content (AvgIpc) is 2.92. The van der Waals surface area contributed by atoms with Crippen LogP contribution in [0.1, 0.15) is 31.9 Å². The van der Waals surface area contributed by atoms with Crippen molar-refractivity contribution in [2.24, 2.45) is 0 Å². The molecule has 0 aliphatic carbocycles. The van der Waals surface area contributed by atoms with Crippen LogP contribution in [0.2, 0.25) is 0 Å². The first-order valence-corrected chi connectivity index (χ1v) is 9.58. The van der Waals surface area contributed by atoms with Crippen molar-refractivity contribution in [2.45, 2.75) is 39.9 Å². The zero-order valence-electron chi connectivity index (χ0n) is 12.2. The Hall–Kier alpha value is -0.630. The number of halogens is 1. The molecule has 2 rings (SSSR count). The molecule has 3 nitrogen and oxygen atoms in total. The molecule has 1 N–H and O–H groups in total. The van der Waals surface area contributed by atoms with Crippen molar-refractivity contribution in [3.05, 3.63) is 29.6 Å². The highest BCUT2D eigenvalue weighted by Crippen LogP contribution is 2.37. The van der Waals surface area contributed by atoms with E-state index in [0.29, 0.717) is 5.56 Å². The van der Waals surface area contributed by atoms with E-state index in [0.717, 1.165) is 26.5 Å². The molecule has 0 aliphatic rings. The molecule has 2 aromatic rings. The summed E-state index contributed by atoms with van der Waals surface area (Å²) in [6.45, 7) is 4.96. The molecule has 1 aromatic heterocycles. The topological polar surface area (TPSA) is 37.8 Å². The van der Waals surface area contributed by atoms with Crippen molar-refractivity contribution < 1.29 is 4.39 Å². The monoisotopic (exact) mass is 343 g/mol. The maximum absolute atomic E-state index is 14.2. The van der Waals surface area contributed by atoms with Crippen LogP contribution in [0, 0.1) is 5.82 Å². The highest BCUT2D eigenvalue weighted by Gasteiger charge is 2.17. The first-order valence-electron chi connectivity index (χ1n) is 6.72. The Morgan fingerprint density at radius 2 is 2.10 bits per heavy atom. The molecule has 21 heavy (non-hydrogen) atoms. The van der Waals surface area contributed by atoms with E-state index in [1.54, 1.807) is 17.8 Å². The maximum Gasteiger partial charge on any atom is 0.179 e. The van der Waals surface area contributed by atoms with Gasteiger partial charge in [-0.3, -0.25) is 0 Å². The van der Waals surface area contributed by atoms with Gasteiger partial charge in [-0.25, -0.2) is 4.39 Å². The average molecular weight is 344 g/mol. The van der Waals surface area contributed by atoms with Gasteiger partial charge in [0.15, 0.2) is 8.68 Å². The van der Waals surface area contributed by atoms with Crippen molar-refractivity contribution in [1.82, 2.24) is 15.5 Å². The number of benzene rings is 1. The Labute approximate surface area is 137 Å². The Bertz CT molecular complexity index is 589. The van der Waals surface area contributed by atoms with Crippen LogP contribution >= 0.6 is 34.9 Å². The van der Waals surface area contributed by atoms with Gasteiger partial charge >= 0.3 is 0 Å². The first-order chi connectivity index (χ1) is 10.2. The van der Waals surface area contributed by atoms with Crippen molar-refractivity contribution in [3.8, 4) is 0 Å². The van der Waals surface area contributed by atoms with E-state index in [-0.39, 0.29) is 11.9 Å². The van der Waals surface area contributed by atoms with Gasteiger partial charge in [-0.05, 0) is 38.3 Å². The lowest BCUT2D eigenvalue weighted by atomic mass is 10.1. The summed E-state index contributed by atoms with van der Waals surface area (Å²) in [4.78, 5) is 0.898. The van der Waals surface area contributed by atoms with E-state index < -0.39 is 0 Å². The number of nitrogens with zero attached hydrogens (tertiary/aromatic N) is 2. The van der Waals surface area contributed by atoms with Crippen LogP contribution in [0.25, 0.3) is 0 Å². The molecule has 114 valence electrons. The second kappa shape index (κ2) is 8.12. The Kier molecular flexibility index (Phi) is 6.47. The highest BCUT2D eigenvalue weighted by atomic mass is 32.2. The van der Waals surface area contributed by atoms with Gasteiger partial charge in [-0.2, -0.15) is 0 Å². The normalized spacial score (nSPS) is 12.6. The standard InChI is InChI=1S/C14H18FN3S3/c1-4-8-16-9(2)12-10(15)6-5-7-11(12)20-14-18-17-13(19-3)21-14/h5-7,9,16H,4,8H2,1-3H3. The zero-order chi connectivity index (χ0) is 15.2. The summed E-state index contributed by atoms with van der Waals surface area (Å²) in [5.41, 5.74) is 0.705. The third kappa shape index (κ3) is 4.42. The van der Waals surface area contributed by atoms with Gasteiger partial charge in [-0.15, -0.1) is 10.2 Å². The lowest BCUT2D eigenvalue weighted by molar-refractivity contribution is 0.519. The summed E-state index contributed by atoms with van der Waals surface area (Å²) in [6, 6.07) is 5.16. The lowest BCUT2D eigenvalue weighted by Gasteiger charge is -2.17. The molecule has 0 fully saturated rings. The Balaban J connectivity index is 2.24. The van der Waals surface area contributed by atoms with Crippen LogP contribution in [-0.4, -0.2) is 23.0 Å². The molecule has 1 atom stereocenters. The summed E-state index contributed by atoms with van der Waals surface area (Å²) in [7, 11) is 0. The molecule has 1 unspecified atom stereocenters. The van der Waals surface area contributed by atoms with Crippen molar-refractivity contribution in [3.63, 3.8) is 0 Å². The van der Waals surface area contributed by atoms with Crippen molar-refractivity contribution >= 4 is 34.9 Å². The molecular formula is C14H18FN3S3. The van der Waals surface area contributed by atoms with E-state index in [4.69, 9.17) is 0 Å². The minimum absolute atomic E-state index is 0.0263. The van der Waals surface area contributed by atoms with E-state index in [1.807, 2.05) is 19.2 Å². The summed E-state index contributed by atoms with van der Waals surface area (Å²) in [6.07, 6.45) is 2.99. The van der Waals surface area contributed by atoms with Crippen LogP contribution in [0.15, 0.2) is 31.8 Å². The molecule has 0 saturated carbocycles. The smallest absolute Gasteiger partial charge is 0.179 e. The van der Waals surface area contributed by atoms with E-state index in [9.17, 15) is 4.39 Å². The fourth-order valence-corrected chi connectivity index (χ4v) is 4.54. The number of aromatic nitrogens is 2. The number of nitrogens with one attached hydrogen (secondary N) is 1. The van der Waals surface area contributed by atoms with Crippen LogP contribution in [0.4, 0.5) is 4.39 Å². The molecule has 1 heterocycles. The number of hydrogen-bond acceptors (Lipinski definition) is 6. The number of hydrogen-bond donors (Lipinski definition) is 1. The van der Waals surface area contributed by atoms with Gasteiger partial charge in [0.1, 0.15) is 5.82 Å². The largest absolute Gasteiger partial charge is 0.310 e.